The van der Waals surface area contributed by atoms with E-state index in [0.717, 1.165) is 13.1 Å². The molecule has 0 aromatic carbocycles. The van der Waals surface area contributed by atoms with Crippen molar-refractivity contribution in [1.82, 2.24) is 15.5 Å². The van der Waals surface area contributed by atoms with Gasteiger partial charge in [-0.1, -0.05) is 0 Å². The van der Waals surface area contributed by atoms with Crippen LogP contribution in [0.15, 0.2) is 0 Å². The highest BCUT2D eigenvalue weighted by atomic mass is 16.2. The minimum absolute atomic E-state index is 0.0763. The predicted octanol–water partition coefficient (Wildman–Crippen LogP) is -0.772. The van der Waals surface area contributed by atoms with Crippen LogP contribution in [0.2, 0.25) is 0 Å². The molecular weight excluding hydrogens is 206 g/mol. The minimum Gasteiger partial charge on any atom is -0.311 e. The number of amides is 2. The summed E-state index contributed by atoms with van der Waals surface area (Å²) in [4.78, 5) is 25.2. The van der Waals surface area contributed by atoms with E-state index >= 15 is 0 Å². The number of carbonyl (C=O) groups is 2. The first kappa shape index (κ1) is 10.2. The van der Waals surface area contributed by atoms with E-state index in [2.05, 4.69) is 15.5 Å². The molecule has 0 aromatic heterocycles. The number of fused-ring (bicyclic) bond motifs is 3. The van der Waals surface area contributed by atoms with Crippen LogP contribution < -0.4 is 10.6 Å². The molecule has 3 atom stereocenters. The van der Waals surface area contributed by atoms with Gasteiger partial charge in [0.1, 0.15) is 0 Å². The molecule has 0 aliphatic carbocycles. The number of carbonyl (C=O) groups excluding carboxylic acids is 2. The highest BCUT2D eigenvalue weighted by Gasteiger charge is 2.41. The van der Waals surface area contributed by atoms with Gasteiger partial charge in [-0.3, -0.25) is 19.8 Å². The average molecular weight is 223 g/mol. The highest BCUT2D eigenvalue weighted by molar-refractivity contribution is 6.00. The van der Waals surface area contributed by atoms with Crippen molar-refractivity contribution in [2.45, 2.75) is 43.8 Å². The van der Waals surface area contributed by atoms with Crippen LogP contribution in [0.4, 0.5) is 0 Å². The zero-order valence-corrected chi connectivity index (χ0v) is 9.24. The molecule has 2 bridgehead atoms. The van der Waals surface area contributed by atoms with E-state index in [0.29, 0.717) is 24.9 Å². The molecule has 0 spiro atoms. The maximum Gasteiger partial charge on any atom is 0.243 e. The van der Waals surface area contributed by atoms with Crippen LogP contribution in [0, 0.1) is 0 Å². The first-order valence-corrected chi connectivity index (χ1v) is 6.07. The Morgan fingerprint density at radius 3 is 2.62 bits per heavy atom. The van der Waals surface area contributed by atoms with Crippen LogP contribution in [-0.4, -0.2) is 47.9 Å². The predicted molar refractivity (Wildman–Crippen MR) is 57.7 cm³/mol. The van der Waals surface area contributed by atoms with Gasteiger partial charge in [0.25, 0.3) is 0 Å². The molecule has 4 aliphatic rings. The number of piperidine rings is 3. The van der Waals surface area contributed by atoms with Gasteiger partial charge in [0, 0.05) is 31.6 Å². The van der Waals surface area contributed by atoms with Gasteiger partial charge in [-0.05, 0) is 19.3 Å². The molecule has 4 heterocycles. The Kier molecular flexibility index (Phi) is 2.44. The molecule has 2 amide bonds. The molecule has 5 nitrogen and oxygen atoms in total. The SMILES string of the molecule is O=C1CCC(N2C[C@H]3CCC2CN3)C(=O)N1. The summed E-state index contributed by atoms with van der Waals surface area (Å²) in [6.07, 6.45) is 3.56. The maximum absolute atomic E-state index is 11.8. The number of rotatable bonds is 1. The number of piperazine rings is 1. The van der Waals surface area contributed by atoms with Crippen molar-refractivity contribution in [3.8, 4) is 0 Å². The molecule has 2 N–H and O–H groups in total. The first-order valence-electron chi connectivity index (χ1n) is 6.07. The van der Waals surface area contributed by atoms with Crippen LogP contribution in [0.25, 0.3) is 0 Å². The third kappa shape index (κ3) is 1.64. The van der Waals surface area contributed by atoms with Gasteiger partial charge in [0.05, 0.1) is 6.04 Å². The van der Waals surface area contributed by atoms with Crippen molar-refractivity contribution in [1.29, 1.82) is 0 Å². The van der Waals surface area contributed by atoms with Crippen molar-refractivity contribution >= 4 is 11.8 Å². The molecule has 4 aliphatic heterocycles. The Morgan fingerprint density at radius 1 is 1.19 bits per heavy atom. The quantitative estimate of drug-likeness (QED) is 0.573. The zero-order valence-electron chi connectivity index (χ0n) is 9.24. The van der Waals surface area contributed by atoms with E-state index in [9.17, 15) is 9.59 Å². The van der Waals surface area contributed by atoms with Crippen molar-refractivity contribution < 1.29 is 9.59 Å². The largest absolute Gasteiger partial charge is 0.311 e. The second-order valence-corrected chi connectivity index (χ2v) is 5.00. The van der Waals surface area contributed by atoms with Crippen molar-refractivity contribution in [2.75, 3.05) is 13.1 Å². The van der Waals surface area contributed by atoms with Crippen molar-refractivity contribution in [3.63, 3.8) is 0 Å². The maximum atomic E-state index is 11.8. The lowest BCUT2D eigenvalue weighted by Gasteiger charge is -2.49. The molecule has 4 saturated heterocycles. The fourth-order valence-corrected chi connectivity index (χ4v) is 3.12. The fraction of sp³-hybridized carbons (Fsp3) is 0.818. The molecule has 5 heteroatoms. The second-order valence-electron chi connectivity index (χ2n) is 5.00. The van der Waals surface area contributed by atoms with Crippen LogP contribution >= 0.6 is 0 Å². The summed E-state index contributed by atoms with van der Waals surface area (Å²) in [6.45, 7) is 1.94. The smallest absolute Gasteiger partial charge is 0.243 e. The van der Waals surface area contributed by atoms with E-state index in [1.807, 2.05) is 0 Å². The minimum atomic E-state index is -0.124. The average Bonchev–Trinajstić information content (AvgIpc) is 2.30. The Bertz CT molecular complexity index is 323. The van der Waals surface area contributed by atoms with Crippen molar-refractivity contribution in [3.05, 3.63) is 0 Å². The number of nitrogens with one attached hydrogen (secondary N) is 2. The van der Waals surface area contributed by atoms with Gasteiger partial charge < -0.3 is 5.32 Å². The number of hydrogen-bond donors (Lipinski definition) is 2. The Labute approximate surface area is 94.6 Å². The summed E-state index contributed by atoms with van der Waals surface area (Å²) >= 11 is 0. The molecule has 4 rings (SSSR count). The standard InChI is InChI=1S/C11H17N3O2/c15-10-4-3-9(11(16)13-10)14-6-7-1-2-8(14)5-12-7/h7-9,12H,1-6H2,(H,13,15,16)/t7-,8?,9?/m1/s1. The summed E-state index contributed by atoms with van der Waals surface area (Å²) in [5, 5.41) is 5.92. The fourth-order valence-electron chi connectivity index (χ4n) is 3.12. The van der Waals surface area contributed by atoms with Crippen LogP contribution in [-0.2, 0) is 9.59 Å². The monoisotopic (exact) mass is 223 g/mol. The highest BCUT2D eigenvalue weighted by Crippen LogP contribution is 2.26. The molecule has 88 valence electrons. The third-order valence-electron chi connectivity index (χ3n) is 4.00. The van der Waals surface area contributed by atoms with Gasteiger partial charge >= 0.3 is 0 Å². The summed E-state index contributed by atoms with van der Waals surface area (Å²) in [5.41, 5.74) is 0. The van der Waals surface area contributed by atoms with Gasteiger partial charge in [-0.25, -0.2) is 0 Å². The molecule has 4 fully saturated rings. The van der Waals surface area contributed by atoms with E-state index in [1.54, 1.807) is 0 Å². The lowest BCUT2D eigenvalue weighted by atomic mass is 9.89. The summed E-state index contributed by atoms with van der Waals surface area (Å²) in [7, 11) is 0. The number of nitrogens with zero attached hydrogens (tertiary/aromatic N) is 1. The second kappa shape index (κ2) is 3.82. The third-order valence-corrected chi connectivity index (χ3v) is 4.00. The summed E-state index contributed by atoms with van der Waals surface area (Å²) in [5.74, 6) is -0.217. The van der Waals surface area contributed by atoms with Gasteiger partial charge in [0.15, 0.2) is 0 Å². The van der Waals surface area contributed by atoms with E-state index < -0.39 is 0 Å². The van der Waals surface area contributed by atoms with Crippen LogP contribution in [0.3, 0.4) is 0 Å². The van der Waals surface area contributed by atoms with Gasteiger partial charge in [-0.2, -0.15) is 0 Å². The normalized spacial score (nSPS) is 39.9. The molecule has 0 aromatic rings. The number of imide groups is 1. The Hall–Kier alpha value is -0.940. The molecule has 16 heavy (non-hydrogen) atoms. The van der Waals surface area contributed by atoms with E-state index in [1.165, 1.54) is 12.8 Å². The summed E-state index contributed by atoms with van der Waals surface area (Å²) in [6, 6.07) is 0.942. The van der Waals surface area contributed by atoms with Crippen LogP contribution in [0.5, 0.6) is 0 Å². The Balaban J connectivity index is 1.73. The Morgan fingerprint density at radius 2 is 2.06 bits per heavy atom. The lowest BCUT2D eigenvalue weighted by molar-refractivity contribution is -0.139. The molecule has 2 unspecified atom stereocenters. The van der Waals surface area contributed by atoms with Crippen molar-refractivity contribution in [2.24, 2.45) is 0 Å². The summed E-state index contributed by atoms with van der Waals surface area (Å²) < 4.78 is 0. The molecule has 0 radical (unpaired) electrons. The van der Waals surface area contributed by atoms with E-state index in [-0.39, 0.29) is 17.9 Å². The number of hydrogen-bond acceptors (Lipinski definition) is 4. The topological polar surface area (TPSA) is 61.4 Å². The van der Waals surface area contributed by atoms with Gasteiger partial charge in [0.2, 0.25) is 11.8 Å². The lowest BCUT2D eigenvalue weighted by Crippen LogP contribution is -2.66. The van der Waals surface area contributed by atoms with Crippen LogP contribution in [0.1, 0.15) is 25.7 Å². The molecular formula is C11H17N3O2. The zero-order chi connectivity index (χ0) is 11.1. The van der Waals surface area contributed by atoms with E-state index in [4.69, 9.17) is 0 Å². The molecule has 0 saturated carbocycles. The van der Waals surface area contributed by atoms with Gasteiger partial charge in [-0.15, -0.1) is 0 Å². The first-order chi connectivity index (χ1) is 7.74.